The minimum Gasteiger partial charge on any atom is -0.446 e. The Labute approximate surface area is 105 Å². The van der Waals surface area contributed by atoms with Crippen LogP contribution in [-0.2, 0) is 0 Å². The molecule has 0 unspecified atom stereocenters. The number of aryl methyl sites for hydroxylation is 1. The SMILES string of the molecule is CB(O)c1ccc(-c2ccc(C)c(F)c2)cc1F. The van der Waals surface area contributed by atoms with Crippen molar-refractivity contribution in [1.82, 2.24) is 0 Å². The molecule has 0 radical (unpaired) electrons. The largest absolute Gasteiger partial charge is 0.446 e. The highest BCUT2D eigenvalue weighted by molar-refractivity contribution is 6.64. The molecule has 0 saturated carbocycles. The van der Waals surface area contributed by atoms with Crippen molar-refractivity contribution in [2.45, 2.75) is 13.7 Å². The summed E-state index contributed by atoms with van der Waals surface area (Å²) in [5.74, 6) is -0.795. The van der Waals surface area contributed by atoms with E-state index in [1.54, 1.807) is 25.1 Å². The molecule has 0 aliphatic heterocycles. The van der Waals surface area contributed by atoms with Gasteiger partial charge in [0.25, 0.3) is 0 Å². The molecule has 0 fully saturated rings. The molecule has 18 heavy (non-hydrogen) atoms. The molecular weight excluding hydrogens is 233 g/mol. The van der Waals surface area contributed by atoms with Gasteiger partial charge >= 0.3 is 6.92 Å². The third-order valence-electron chi connectivity index (χ3n) is 2.96. The molecule has 92 valence electrons. The van der Waals surface area contributed by atoms with Crippen LogP contribution in [0.15, 0.2) is 36.4 Å². The second-order valence-corrected chi connectivity index (χ2v) is 4.38. The summed E-state index contributed by atoms with van der Waals surface area (Å²) in [6.07, 6.45) is 0. The summed E-state index contributed by atoms with van der Waals surface area (Å²) in [6, 6.07) is 9.29. The van der Waals surface area contributed by atoms with Crippen LogP contribution in [0.2, 0.25) is 6.82 Å². The monoisotopic (exact) mass is 246 g/mol. The molecule has 0 saturated heterocycles. The maximum Gasteiger partial charge on any atom is 0.323 e. The van der Waals surface area contributed by atoms with Gasteiger partial charge in [-0.3, -0.25) is 0 Å². The summed E-state index contributed by atoms with van der Waals surface area (Å²) in [5.41, 5.74) is 2.01. The van der Waals surface area contributed by atoms with E-state index in [0.29, 0.717) is 16.7 Å². The minimum atomic E-state index is -0.853. The first-order chi connectivity index (χ1) is 8.49. The predicted molar refractivity (Wildman–Crippen MR) is 70.0 cm³/mol. The van der Waals surface area contributed by atoms with Gasteiger partial charge in [-0.1, -0.05) is 31.1 Å². The van der Waals surface area contributed by atoms with Gasteiger partial charge in [0.1, 0.15) is 11.6 Å². The van der Waals surface area contributed by atoms with Crippen LogP contribution in [0.1, 0.15) is 5.56 Å². The average molecular weight is 246 g/mol. The predicted octanol–water partition coefficient (Wildman–Crippen LogP) is 2.76. The van der Waals surface area contributed by atoms with Crippen molar-refractivity contribution in [3.8, 4) is 11.1 Å². The fraction of sp³-hybridized carbons (Fsp3) is 0.143. The third-order valence-corrected chi connectivity index (χ3v) is 2.96. The lowest BCUT2D eigenvalue weighted by atomic mass is 9.64. The van der Waals surface area contributed by atoms with Gasteiger partial charge in [0.05, 0.1) is 0 Å². The molecule has 1 nitrogen and oxygen atoms in total. The lowest BCUT2D eigenvalue weighted by molar-refractivity contribution is 0.584. The van der Waals surface area contributed by atoms with Crippen molar-refractivity contribution in [3.63, 3.8) is 0 Å². The Morgan fingerprint density at radius 2 is 1.50 bits per heavy atom. The van der Waals surface area contributed by atoms with E-state index < -0.39 is 12.7 Å². The average Bonchev–Trinajstić information content (AvgIpc) is 2.32. The van der Waals surface area contributed by atoms with Crippen LogP contribution < -0.4 is 5.46 Å². The van der Waals surface area contributed by atoms with Gasteiger partial charge in [-0.2, -0.15) is 0 Å². The molecule has 0 aliphatic carbocycles. The Hall–Kier alpha value is -1.68. The number of halogens is 2. The Morgan fingerprint density at radius 3 is 2.00 bits per heavy atom. The van der Waals surface area contributed by atoms with Crippen molar-refractivity contribution in [3.05, 3.63) is 53.6 Å². The second kappa shape index (κ2) is 4.90. The molecule has 1 N–H and O–H groups in total. The van der Waals surface area contributed by atoms with Gasteiger partial charge in [-0.25, -0.2) is 8.78 Å². The molecule has 4 heteroatoms. The van der Waals surface area contributed by atoms with Crippen molar-refractivity contribution in [1.29, 1.82) is 0 Å². The standard InChI is InChI=1S/C14H13BF2O/c1-9-3-4-10(7-13(9)16)11-5-6-12(15(2)18)14(17)8-11/h3-8,18H,1-2H3. The van der Waals surface area contributed by atoms with E-state index in [0.717, 1.165) is 0 Å². The Morgan fingerprint density at radius 1 is 0.944 bits per heavy atom. The molecular formula is C14H13BF2O. The van der Waals surface area contributed by atoms with Crippen LogP contribution in [0.3, 0.4) is 0 Å². The van der Waals surface area contributed by atoms with Crippen LogP contribution in [0.4, 0.5) is 8.78 Å². The van der Waals surface area contributed by atoms with Gasteiger partial charge < -0.3 is 5.02 Å². The quantitative estimate of drug-likeness (QED) is 0.808. The summed E-state index contributed by atoms with van der Waals surface area (Å²) >= 11 is 0. The van der Waals surface area contributed by atoms with E-state index in [-0.39, 0.29) is 11.3 Å². The lowest BCUT2D eigenvalue weighted by Gasteiger charge is -2.07. The van der Waals surface area contributed by atoms with Gasteiger partial charge in [0.15, 0.2) is 0 Å². The van der Waals surface area contributed by atoms with Crippen LogP contribution in [0.5, 0.6) is 0 Å². The summed E-state index contributed by atoms with van der Waals surface area (Å²) in [4.78, 5) is 0. The highest BCUT2D eigenvalue weighted by atomic mass is 19.1. The third kappa shape index (κ3) is 2.43. The summed E-state index contributed by atoms with van der Waals surface area (Å²) in [5, 5.41) is 9.35. The zero-order chi connectivity index (χ0) is 13.3. The van der Waals surface area contributed by atoms with Crippen LogP contribution in [-0.4, -0.2) is 11.9 Å². The normalized spacial score (nSPS) is 10.5. The van der Waals surface area contributed by atoms with E-state index in [2.05, 4.69) is 0 Å². The molecule has 2 aromatic carbocycles. The number of benzene rings is 2. The highest BCUT2D eigenvalue weighted by Gasteiger charge is 2.13. The van der Waals surface area contributed by atoms with Crippen LogP contribution >= 0.6 is 0 Å². The topological polar surface area (TPSA) is 20.2 Å². The Balaban J connectivity index is 2.45. The minimum absolute atomic E-state index is 0.242. The van der Waals surface area contributed by atoms with Crippen LogP contribution in [0.25, 0.3) is 11.1 Å². The number of hydrogen-bond acceptors (Lipinski definition) is 1. The Bertz CT molecular complexity index is 582. The number of rotatable bonds is 2. The van der Waals surface area contributed by atoms with Gasteiger partial charge in [0, 0.05) is 0 Å². The molecule has 2 aromatic rings. The molecule has 0 spiro atoms. The van der Waals surface area contributed by atoms with Crippen molar-refractivity contribution < 1.29 is 13.8 Å². The Kier molecular flexibility index (Phi) is 3.48. The molecule has 2 rings (SSSR count). The summed E-state index contributed by atoms with van der Waals surface area (Å²) in [6.45, 7) is 2.33. The summed E-state index contributed by atoms with van der Waals surface area (Å²) in [7, 11) is 0. The summed E-state index contributed by atoms with van der Waals surface area (Å²) < 4.78 is 27.2. The second-order valence-electron chi connectivity index (χ2n) is 4.38. The van der Waals surface area contributed by atoms with E-state index in [9.17, 15) is 13.8 Å². The van der Waals surface area contributed by atoms with Crippen LogP contribution in [0, 0.1) is 18.6 Å². The van der Waals surface area contributed by atoms with Crippen molar-refractivity contribution >= 4 is 12.4 Å². The fourth-order valence-electron chi connectivity index (χ4n) is 1.82. The van der Waals surface area contributed by atoms with E-state index >= 15 is 0 Å². The van der Waals surface area contributed by atoms with E-state index in [4.69, 9.17) is 0 Å². The van der Waals surface area contributed by atoms with Crippen molar-refractivity contribution in [2.24, 2.45) is 0 Å². The number of hydrogen-bond donors (Lipinski definition) is 1. The highest BCUT2D eigenvalue weighted by Crippen LogP contribution is 2.22. The maximum absolute atomic E-state index is 13.7. The van der Waals surface area contributed by atoms with E-state index in [1.807, 2.05) is 0 Å². The zero-order valence-corrected chi connectivity index (χ0v) is 10.2. The molecule has 0 amide bonds. The molecule has 0 aliphatic rings. The molecule has 0 bridgehead atoms. The maximum atomic E-state index is 13.7. The molecule has 0 aromatic heterocycles. The first-order valence-electron chi connectivity index (χ1n) is 5.73. The lowest BCUT2D eigenvalue weighted by Crippen LogP contribution is -2.29. The van der Waals surface area contributed by atoms with E-state index in [1.165, 1.54) is 25.0 Å². The fourth-order valence-corrected chi connectivity index (χ4v) is 1.82. The molecule has 0 atom stereocenters. The van der Waals surface area contributed by atoms with Crippen molar-refractivity contribution in [2.75, 3.05) is 0 Å². The first-order valence-corrected chi connectivity index (χ1v) is 5.73. The van der Waals surface area contributed by atoms with Gasteiger partial charge in [-0.05, 0) is 41.2 Å². The van der Waals surface area contributed by atoms with Gasteiger partial charge in [-0.15, -0.1) is 0 Å². The van der Waals surface area contributed by atoms with Gasteiger partial charge in [0.2, 0.25) is 0 Å². The first kappa shape index (κ1) is 12.8. The smallest absolute Gasteiger partial charge is 0.323 e. The zero-order valence-electron chi connectivity index (χ0n) is 10.2. The molecule has 0 heterocycles.